The third kappa shape index (κ3) is 1.94. The largest absolute Gasteiger partial charge is 0.506 e. The van der Waals surface area contributed by atoms with Crippen LogP contribution >= 0.6 is 15.9 Å². The third-order valence-corrected chi connectivity index (χ3v) is 1.95. The zero-order valence-corrected chi connectivity index (χ0v) is 7.64. The van der Waals surface area contributed by atoms with Gasteiger partial charge >= 0.3 is 0 Å². The molecule has 0 amide bonds. The number of rotatable bonds is 2. The fourth-order valence-electron chi connectivity index (χ4n) is 0.819. The highest BCUT2D eigenvalue weighted by molar-refractivity contribution is 9.10. The molecule has 5 heteroatoms. The summed E-state index contributed by atoms with van der Waals surface area (Å²) in [5, 5.41) is 9.30. The number of halogens is 2. The zero-order chi connectivity index (χ0) is 9.14. The van der Waals surface area contributed by atoms with E-state index in [1.165, 1.54) is 0 Å². The van der Waals surface area contributed by atoms with E-state index in [0.717, 1.165) is 12.1 Å². The standard InChI is InChI=1S/C7H7BrFNO2/c8-6-2-5(9)1-4(3-12-10)7(6)11/h1-2,11H,3,10H2. The molecule has 1 rings (SSSR count). The molecule has 0 saturated heterocycles. The topological polar surface area (TPSA) is 55.5 Å². The number of benzene rings is 1. The van der Waals surface area contributed by atoms with Crippen molar-refractivity contribution in [1.29, 1.82) is 0 Å². The summed E-state index contributed by atoms with van der Waals surface area (Å²) in [6.45, 7) is -0.0256. The van der Waals surface area contributed by atoms with E-state index in [4.69, 9.17) is 5.90 Å². The Kier molecular flexibility index (Phi) is 3.02. The van der Waals surface area contributed by atoms with Crippen molar-refractivity contribution in [1.82, 2.24) is 0 Å². The molecule has 0 unspecified atom stereocenters. The molecule has 3 N–H and O–H groups in total. The first kappa shape index (κ1) is 9.44. The molecule has 0 aliphatic heterocycles. The first-order valence-electron chi connectivity index (χ1n) is 3.13. The molecule has 0 aromatic heterocycles. The van der Waals surface area contributed by atoms with Crippen LogP contribution < -0.4 is 5.90 Å². The molecule has 0 spiro atoms. The molecule has 0 atom stereocenters. The van der Waals surface area contributed by atoms with E-state index in [1.54, 1.807) is 0 Å². The van der Waals surface area contributed by atoms with Crippen molar-refractivity contribution in [2.75, 3.05) is 0 Å². The summed E-state index contributed by atoms with van der Waals surface area (Å²) >= 11 is 2.98. The van der Waals surface area contributed by atoms with Crippen molar-refractivity contribution in [3.63, 3.8) is 0 Å². The summed E-state index contributed by atoms with van der Waals surface area (Å²) in [6, 6.07) is 2.32. The van der Waals surface area contributed by atoms with Crippen molar-refractivity contribution < 1.29 is 14.3 Å². The lowest BCUT2D eigenvalue weighted by Crippen LogP contribution is -1.99. The lowest BCUT2D eigenvalue weighted by molar-refractivity contribution is 0.122. The average Bonchev–Trinajstić information content (AvgIpc) is 2.00. The van der Waals surface area contributed by atoms with E-state index in [-0.39, 0.29) is 16.8 Å². The highest BCUT2D eigenvalue weighted by atomic mass is 79.9. The van der Waals surface area contributed by atoms with Crippen LogP contribution in [0.25, 0.3) is 0 Å². The predicted molar refractivity (Wildman–Crippen MR) is 44.7 cm³/mol. The Morgan fingerprint density at radius 3 is 2.83 bits per heavy atom. The minimum atomic E-state index is -0.452. The average molecular weight is 236 g/mol. The number of phenolic OH excluding ortho intramolecular Hbond substituents is 1. The molecule has 0 saturated carbocycles. The summed E-state index contributed by atoms with van der Waals surface area (Å²) < 4.78 is 13.0. The van der Waals surface area contributed by atoms with Crippen LogP contribution in [0, 0.1) is 5.82 Å². The number of hydrogen-bond acceptors (Lipinski definition) is 3. The molecule has 0 aliphatic carbocycles. The Labute approximate surface area is 77.0 Å². The Morgan fingerprint density at radius 1 is 1.58 bits per heavy atom. The highest BCUT2D eigenvalue weighted by Crippen LogP contribution is 2.29. The van der Waals surface area contributed by atoms with Gasteiger partial charge in [-0.2, -0.15) is 0 Å². The maximum atomic E-state index is 12.7. The van der Waals surface area contributed by atoms with Gasteiger partial charge in [-0.05, 0) is 28.1 Å². The minimum Gasteiger partial charge on any atom is -0.506 e. The van der Waals surface area contributed by atoms with Crippen LogP contribution in [-0.2, 0) is 11.4 Å². The third-order valence-electron chi connectivity index (χ3n) is 1.35. The quantitative estimate of drug-likeness (QED) is 0.768. The van der Waals surface area contributed by atoms with Crippen LogP contribution in [0.1, 0.15) is 5.56 Å². The second kappa shape index (κ2) is 3.84. The van der Waals surface area contributed by atoms with Gasteiger partial charge in [-0.15, -0.1) is 0 Å². The van der Waals surface area contributed by atoms with Gasteiger partial charge in [0.25, 0.3) is 0 Å². The monoisotopic (exact) mass is 235 g/mol. The van der Waals surface area contributed by atoms with Crippen LogP contribution in [0.2, 0.25) is 0 Å². The Bertz CT molecular complexity index is 293. The molecule has 3 nitrogen and oxygen atoms in total. The maximum absolute atomic E-state index is 12.7. The molecule has 0 fully saturated rings. The van der Waals surface area contributed by atoms with Crippen LogP contribution in [0.5, 0.6) is 5.75 Å². The van der Waals surface area contributed by atoms with Crippen LogP contribution in [-0.4, -0.2) is 5.11 Å². The number of phenols is 1. The molecule has 0 radical (unpaired) electrons. The van der Waals surface area contributed by atoms with Gasteiger partial charge in [0.2, 0.25) is 0 Å². The lowest BCUT2D eigenvalue weighted by atomic mass is 10.2. The summed E-state index contributed by atoms with van der Waals surface area (Å²) in [4.78, 5) is 4.27. The van der Waals surface area contributed by atoms with E-state index in [2.05, 4.69) is 20.8 Å². The number of hydrogen-bond donors (Lipinski definition) is 2. The van der Waals surface area contributed by atoms with Gasteiger partial charge in [-0.25, -0.2) is 10.3 Å². The summed E-state index contributed by atoms with van der Waals surface area (Å²) in [5.41, 5.74) is 0.310. The Hall–Kier alpha value is -0.650. The molecule has 1 aromatic carbocycles. The number of aromatic hydroxyl groups is 1. The van der Waals surface area contributed by atoms with Crippen LogP contribution in [0.4, 0.5) is 4.39 Å². The molecule has 12 heavy (non-hydrogen) atoms. The van der Waals surface area contributed by atoms with Gasteiger partial charge in [0.1, 0.15) is 11.6 Å². The second-order valence-electron chi connectivity index (χ2n) is 2.21. The summed E-state index contributed by atoms with van der Waals surface area (Å²) in [5.74, 6) is 4.27. The molecule has 1 aromatic rings. The maximum Gasteiger partial charge on any atom is 0.135 e. The molecule has 0 bridgehead atoms. The van der Waals surface area contributed by atoms with Gasteiger partial charge in [0, 0.05) is 5.56 Å². The smallest absolute Gasteiger partial charge is 0.135 e. The Morgan fingerprint density at radius 2 is 2.25 bits per heavy atom. The van der Waals surface area contributed by atoms with Crippen molar-refractivity contribution in [3.8, 4) is 5.75 Å². The fraction of sp³-hybridized carbons (Fsp3) is 0.143. The minimum absolute atomic E-state index is 0.0256. The molecule has 0 heterocycles. The van der Waals surface area contributed by atoms with Gasteiger partial charge in [-0.1, -0.05) is 0 Å². The van der Waals surface area contributed by atoms with E-state index in [9.17, 15) is 9.50 Å². The molecular weight excluding hydrogens is 229 g/mol. The van der Waals surface area contributed by atoms with Crippen LogP contribution in [0.3, 0.4) is 0 Å². The van der Waals surface area contributed by atoms with Gasteiger partial charge in [-0.3, -0.25) is 4.84 Å². The van der Waals surface area contributed by atoms with Gasteiger partial charge in [0.05, 0.1) is 11.1 Å². The fourth-order valence-corrected chi connectivity index (χ4v) is 1.29. The zero-order valence-electron chi connectivity index (χ0n) is 6.05. The summed E-state index contributed by atoms with van der Waals surface area (Å²) in [7, 11) is 0. The lowest BCUT2D eigenvalue weighted by Gasteiger charge is -2.04. The van der Waals surface area contributed by atoms with Crippen molar-refractivity contribution in [3.05, 3.63) is 28.0 Å². The van der Waals surface area contributed by atoms with E-state index in [0.29, 0.717) is 5.56 Å². The van der Waals surface area contributed by atoms with Gasteiger partial charge in [0.15, 0.2) is 0 Å². The first-order valence-corrected chi connectivity index (χ1v) is 3.93. The Balaban J connectivity index is 3.09. The van der Waals surface area contributed by atoms with Crippen molar-refractivity contribution in [2.24, 2.45) is 5.90 Å². The second-order valence-corrected chi connectivity index (χ2v) is 3.06. The molecule has 66 valence electrons. The normalized spacial score (nSPS) is 10.2. The van der Waals surface area contributed by atoms with E-state index >= 15 is 0 Å². The van der Waals surface area contributed by atoms with Crippen molar-refractivity contribution >= 4 is 15.9 Å². The van der Waals surface area contributed by atoms with E-state index < -0.39 is 5.82 Å². The number of nitrogens with two attached hydrogens (primary N) is 1. The summed E-state index contributed by atoms with van der Waals surface area (Å²) in [6.07, 6.45) is 0. The predicted octanol–water partition coefficient (Wildman–Crippen LogP) is 1.68. The first-order chi connectivity index (χ1) is 5.65. The molecule has 0 aliphatic rings. The van der Waals surface area contributed by atoms with Crippen LogP contribution in [0.15, 0.2) is 16.6 Å². The van der Waals surface area contributed by atoms with Gasteiger partial charge < -0.3 is 5.11 Å². The van der Waals surface area contributed by atoms with E-state index in [1.807, 2.05) is 0 Å². The van der Waals surface area contributed by atoms with Crippen molar-refractivity contribution in [2.45, 2.75) is 6.61 Å². The highest BCUT2D eigenvalue weighted by Gasteiger charge is 2.07. The molecular formula is C7H7BrFNO2. The SMILES string of the molecule is NOCc1cc(F)cc(Br)c1O.